The lowest BCUT2D eigenvalue weighted by Gasteiger charge is -2.19. The Labute approximate surface area is 116 Å². The Hall–Kier alpha value is -2.15. The van der Waals surface area contributed by atoms with Gasteiger partial charge in [-0.2, -0.15) is 0 Å². The van der Waals surface area contributed by atoms with Crippen molar-refractivity contribution in [2.75, 3.05) is 25.5 Å². The van der Waals surface area contributed by atoms with Crippen LogP contribution in [0.5, 0.6) is 0 Å². The molecule has 0 aromatic heterocycles. The van der Waals surface area contributed by atoms with Crippen LogP contribution in [-0.2, 0) is 0 Å². The third-order valence-electron chi connectivity index (χ3n) is 3.46. The summed E-state index contributed by atoms with van der Waals surface area (Å²) in [5.41, 5.74) is -0.816. The lowest BCUT2D eigenvalue weighted by Crippen LogP contribution is -2.34. The largest absolute Gasteiger partial charge is 0.388 e. The first kappa shape index (κ1) is 14.3. The number of carbonyl (C=O) groups is 1. The zero-order valence-electron chi connectivity index (χ0n) is 11.4. The molecule has 1 aromatic rings. The molecule has 1 amide bonds. The van der Waals surface area contributed by atoms with E-state index in [1.165, 1.54) is 11.0 Å². The molecular formula is C13H17N3O4. The molecule has 1 aromatic carbocycles. The summed E-state index contributed by atoms with van der Waals surface area (Å²) in [7, 11) is 1.57. The van der Waals surface area contributed by atoms with Gasteiger partial charge in [0.15, 0.2) is 0 Å². The van der Waals surface area contributed by atoms with Crippen LogP contribution in [0.3, 0.4) is 0 Å². The van der Waals surface area contributed by atoms with Gasteiger partial charge in [-0.15, -0.1) is 0 Å². The molecular weight excluding hydrogens is 262 g/mol. The molecule has 0 bridgehead atoms. The third kappa shape index (κ3) is 2.57. The fourth-order valence-corrected chi connectivity index (χ4v) is 2.40. The lowest BCUT2D eigenvalue weighted by molar-refractivity contribution is -0.384. The number of amides is 1. The van der Waals surface area contributed by atoms with Crippen LogP contribution in [0.25, 0.3) is 0 Å². The fraction of sp³-hybridized carbons (Fsp3) is 0.462. The Morgan fingerprint density at radius 2 is 2.25 bits per heavy atom. The van der Waals surface area contributed by atoms with Crippen molar-refractivity contribution >= 4 is 17.3 Å². The Morgan fingerprint density at radius 3 is 2.75 bits per heavy atom. The maximum absolute atomic E-state index is 12.4. The Morgan fingerprint density at radius 1 is 1.55 bits per heavy atom. The molecule has 1 heterocycles. The second-order valence-corrected chi connectivity index (χ2v) is 5.18. The van der Waals surface area contributed by atoms with Gasteiger partial charge < -0.3 is 15.3 Å². The number of hydrogen-bond acceptors (Lipinski definition) is 5. The molecule has 1 aliphatic heterocycles. The van der Waals surface area contributed by atoms with Crippen LogP contribution in [0.15, 0.2) is 18.2 Å². The number of para-hydroxylation sites is 1. The van der Waals surface area contributed by atoms with E-state index < -0.39 is 16.4 Å². The number of likely N-dealkylation sites (tertiary alicyclic amines) is 1. The summed E-state index contributed by atoms with van der Waals surface area (Å²) in [6, 6.07) is 4.59. The second-order valence-electron chi connectivity index (χ2n) is 5.18. The molecule has 108 valence electrons. The van der Waals surface area contributed by atoms with Crippen LogP contribution in [0.2, 0.25) is 0 Å². The fourth-order valence-electron chi connectivity index (χ4n) is 2.40. The number of anilines is 1. The van der Waals surface area contributed by atoms with Crippen molar-refractivity contribution < 1.29 is 14.8 Å². The Balaban J connectivity index is 2.38. The van der Waals surface area contributed by atoms with E-state index in [1.54, 1.807) is 26.1 Å². The topological polar surface area (TPSA) is 95.7 Å². The smallest absolute Gasteiger partial charge is 0.305 e. The van der Waals surface area contributed by atoms with E-state index in [-0.39, 0.29) is 17.8 Å². The normalized spacial score (nSPS) is 21.9. The number of hydrogen-bond donors (Lipinski definition) is 2. The lowest BCUT2D eigenvalue weighted by atomic mass is 10.1. The SMILES string of the molecule is CNc1cccc(C(=O)N2CCC(C)(O)C2)c1[N+](=O)[O-]. The molecule has 0 spiro atoms. The average Bonchev–Trinajstić information content (AvgIpc) is 2.77. The van der Waals surface area contributed by atoms with Crippen LogP contribution in [-0.4, -0.2) is 46.6 Å². The standard InChI is InChI=1S/C13H17N3O4/c1-13(18)6-7-15(8-13)12(17)9-4-3-5-10(14-2)11(9)16(19)20/h3-5,14,18H,6-8H2,1-2H3. The third-order valence-corrected chi connectivity index (χ3v) is 3.46. The summed E-state index contributed by atoms with van der Waals surface area (Å²) in [4.78, 5) is 24.5. The maximum Gasteiger partial charge on any atom is 0.305 e. The van der Waals surface area contributed by atoms with Crippen LogP contribution in [0.1, 0.15) is 23.7 Å². The molecule has 1 saturated heterocycles. The molecule has 1 atom stereocenters. The number of β-amino-alcohol motifs (C(OH)–C–C–N with tert-alkyl or cyclic N) is 1. The van der Waals surface area contributed by atoms with Crippen LogP contribution in [0.4, 0.5) is 11.4 Å². The maximum atomic E-state index is 12.4. The molecule has 2 N–H and O–H groups in total. The van der Waals surface area contributed by atoms with E-state index >= 15 is 0 Å². The van der Waals surface area contributed by atoms with Crippen LogP contribution >= 0.6 is 0 Å². The van der Waals surface area contributed by atoms with Crippen molar-refractivity contribution in [1.82, 2.24) is 4.90 Å². The van der Waals surface area contributed by atoms with E-state index in [0.717, 1.165) is 0 Å². The summed E-state index contributed by atoms with van der Waals surface area (Å²) in [5.74, 6) is -0.424. The predicted octanol–water partition coefficient (Wildman–Crippen LogP) is 1.23. The molecule has 0 saturated carbocycles. The summed E-state index contributed by atoms with van der Waals surface area (Å²) in [5, 5.41) is 23.8. The number of carbonyl (C=O) groups excluding carboxylic acids is 1. The Kier molecular flexibility index (Phi) is 3.63. The van der Waals surface area contributed by atoms with Gasteiger partial charge in [-0.1, -0.05) is 6.07 Å². The quantitative estimate of drug-likeness (QED) is 0.641. The number of nitro benzene ring substituents is 1. The minimum absolute atomic E-state index is 0.0413. The summed E-state index contributed by atoms with van der Waals surface area (Å²) in [6.45, 7) is 2.23. The number of nitrogens with zero attached hydrogens (tertiary/aromatic N) is 2. The molecule has 1 fully saturated rings. The predicted molar refractivity (Wildman–Crippen MR) is 73.8 cm³/mol. The molecule has 1 aliphatic rings. The highest BCUT2D eigenvalue weighted by molar-refractivity contribution is 6.00. The van der Waals surface area contributed by atoms with E-state index in [0.29, 0.717) is 18.7 Å². The Bertz CT molecular complexity index is 557. The van der Waals surface area contributed by atoms with Gasteiger partial charge in [0.05, 0.1) is 10.5 Å². The molecule has 7 nitrogen and oxygen atoms in total. The highest BCUT2D eigenvalue weighted by Gasteiger charge is 2.36. The van der Waals surface area contributed by atoms with Gasteiger partial charge in [0.1, 0.15) is 11.3 Å². The summed E-state index contributed by atoms with van der Waals surface area (Å²) >= 11 is 0. The monoisotopic (exact) mass is 279 g/mol. The van der Waals surface area contributed by atoms with Gasteiger partial charge >= 0.3 is 5.69 Å². The van der Waals surface area contributed by atoms with Crippen LogP contribution in [0, 0.1) is 10.1 Å². The van der Waals surface area contributed by atoms with Gasteiger partial charge in [-0.05, 0) is 25.5 Å². The minimum atomic E-state index is -0.926. The summed E-state index contributed by atoms with van der Waals surface area (Å²) < 4.78 is 0. The minimum Gasteiger partial charge on any atom is -0.388 e. The highest BCUT2D eigenvalue weighted by atomic mass is 16.6. The van der Waals surface area contributed by atoms with Crippen molar-refractivity contribution in [3.05, 3.63) is 33.9 Å². The van der Waals surface area contributed by atoms with E-state index in [1.807, 2.05) is 0 Å². The van der Waals surface area contributed by atoms with E-state index in [2.05, 4.69) is 5.32 Å². The summed E-state index contributed by atoms with van der Waals surface area (Å²) in [6.07, 6.45) is 0.470. The van der Waals surface area contributed by atoms with Crippen molar-refractivity contribution in [2.24, 2.45) is 0 Å². The van der Waals surface area contributed by atoms with Gasteiger partial charge in [0.25, 0.3) is 5.91 Å². The molecule has 2 rings (SSSR count). The van der Waals surface area contributed by atoms with Crippen molar-refractivity contribution in [3.63, 3.8) is 0 Å². The average molecular weight is 279 g/mol. The zero-order valence-corrected chi connectivity index (χ0v) is 11.4. The van der Waals surface area contributed by atoms with Crippen molar-refractivity contribution in [3.8, 4) is 0 Å². The number of aliphatic hydroxyl groups is 1. The van der Waals surface area contributed by atoms with Gasteiger partial charge in [0.2, 0.25) is 0 Å². The van der Waals surface area contributed by atoms with Gasteiger partial charge in [-0.3, -0.25) is 14.9 Å². The first-order chi connectivity index (χ1) is 9.35. The van der Waals surface area contributed by atoms with Gasteiger partial charge in [-0.25, -0.2) is 0 Å². The molecule has 1 unspecified atom stereocenters. The number of rotatable bonds is 3. The number of nitro groups is 1. The van der Waals surface area contributed by atoms with E-state index in [4.69, 9.17) is 0 Å². The van der Waals surface area contributed by atoms with Gasteiger partial charge in [0, 0.05) is 20.1 Å². The number of nitrogens with one attached hydrogen (secondary N) is 1. The molecule has 20 heavy (non-hydrogen) atoms. The molecule has 7 heteroatoms. The number of benzene rings is 1. The van der Waals surface area contributed by atoms with E-state index in [9.17, 15) is 20.0 Å². The van der Waals surface area contributed by atoms with Crippen molar-refractivity contribution in [2.45, 2.75) is 18.9 Å². The zero-order chi connectivity index (χ0) is 14.9. The highest BCUT2D eigenvalue weighted by Crippen LogP contribution is 2.31. The molecule has 0 radical (unpaired) electrons. The van der Waals surface area contributed by atoms with Crippen LogP contribution < -0.4 is 5.32 Å². The molecule has 0 aliphatic carbocycles. The van der Waals surface area contributed by atoms with Crippen molar-refractivity contribution in [1.29, 1.82) is 0 Å². The first-order valence-corrected chi connectivity index (χ1v) is 6.32. The second kappa shape index (κ2) is 5.09. The first-order valence-electron chi connectivity index (χ1n) is 6.32.